The van der Waals surface area contributed by atoms with Crippen molar-refractivity contribution in [1.29, 1.82) is 0 Å². The molecule has 0 spiro atoms. The van der Waals surface area contributed by atoms with Crippen molar-refractivity contribution >= 4 is 17.3 Å². The fraction of sp³-hybridized carbons (Fsp3) is 0.200. The zero-order valence-corrected chi connectivity index (χ0v) is 17.8. The highest BCUT2D eigenvalue weighted by molar-refractivity contribution is 7.99. The molecule has 0 bridgehead atoms. The van der Waals surface area contributed by atoms with Gasteiger partial charge in [0.2, 0.25) is 0 Å². The molecule has 0 aliphatic rings. The van der Waals surface area contributed by atoms with Gasteiger partial charge in [-0.3, -0.25) is 0 Å². The molecule has 1 N–H and O–H groups in total. The minimum Gasteiger partial charge on any atom is -0.493 e. The van der Waals surface area contributed by atoms with Crippen molar-refractivity contribution in [1.82, 2.24) is 0 Å². The van der Waals surface area contributed by atoms with Crippen molar-refractivity contribution in [3.63, 3.8) is 0 Å². The molecule has 0 aliphatic heterocycles. The van der Waals surface area contributed by atoms with E-state index in [1.54, 1.807) is 26.0 Å². The zero-order valence-electron chi connectivity index (χ0n) is 17.0. The van der Waals surface area contributed by atoms with Gasteiger partial charge in [-0.15, -0.1) is 0 Å². The molecule has 0 heterocycles. The largest absolute Gasteiger partial charge is 0.493 e. The Morgan fingerprint density at radius 3 is 2.34 bits per heavy atom. The Morgan fingerprint density at radius 1 is 0.966 bits per heavy atom. The molecule has 4 heteroatoms. The summed E-state index contributed by atoms with van der Waals surface area (Å²) in [7, 11) is 3.22. The van der Waals surface area contributed by atoms with Crippen LogP contribution in [-0.2, 0) is 0 Å². The Balaban J connectivity index is 1.78. The molecule has 0 aromatic heterocycles. The maximum atomic E-state index is 11.0. The van der Waals surface area contributed by atoms with E-state index in [2.05, 4.69) is 37.8 Å². The van der Waals surface area contributed by atoms with Crippen LogP contribution in [0.15, 0.2) is 83.1 Å². The van der Waals surface area contributed by atoms with Crippen molar-refractivity contribution in [2.45, 2.75) is 29.2 Å². The Hall–Kier alpha value is -2.69. The lowest BCUT2D eigenvalue weighted by molar-refractivity contribution is 0.181. The molecule has 0 amide bonds. The summed E-state index contributed by atoms with van der Waals surface area (Å²) >= 11 is 1.66. The van der Waals surface area contributed by atoms with E-state index in [9.17, 15) is 5.11 Å². The minimum absolute atomic E-state index is 0.432. The number of hydrogen-bond donors (Lipinski definition) is 1. The SMILES string of the molecule is C=C(C[C@@H](O)c1ccccc1Sc1ccc(C)cc1)c1ccc(OC)c(OC)c1. The van der Waals surface area contributed by atoms with Gasteiger partial charge in [-0.25, -0.2) is 0 Å². The fourth-order valence-electron chi connectivity index (χ4n) is 3.10. The molecule has 3 aromatic carbocycles. The minimum atomic E-state index is -0.648. The van der Waals surface area contributed by atoms with Crippen LogP contribution in [0.3, 0.4) is 0 Å². The van der Waals surface area contributed by atoms with Crippen molar-refractivity contribution in [3.8, 4) is 11.5 Å². The van der Waals surface area contributed by atoms with E-state index in [0.717, 1.165) is 26.5 Å². The molecule has 0 aliphatic carbocycles. The molecule has 3 aromatic rings. The normalized spacial score (nSPS) is 11.7. The van der Waals surface area contributed by atoms with Crippen LogP contribution in [0.5, 0.6) is 11.5 Å². The van der Waals surface area contributed by atoms with Crippen molar-refractivity contribution in [3.05, 3.63) is 90.0 Å². The van der Waals surface area contributed by atoms with Crippen LogP contribution in [0.1, 0.15) is 29.2 Å². The van der Waals surface area contributed by atoms with Crippen molar-refractivity contribution in [2.75, 3.05) is 14.2 Å². The summed E-state index contributed by atoms with van der Waals surface area (Å²) in [6.07, 6.45) is -0.217. The monoisotopic (exact) mass is 406 g/mol. The average Bonchev–Trinajstić information content (AvgIpc) is 2.75. The second-order valence-electron chi connectivity index (χ2n) is 6.85. The molecule has 0 saturated heterocycles. The first-order valence-electron chi connectivity index (χ1n) is 9.43. The second kappa shape index (κ2) is 9.68. The van der Waals surface area contributed by atoms with Crippen LogP contribution < -0.4 is 9.47 Å². The first-order chi connectivity index (χ1) is 14.0. The summed E-state index contributed by atoms with van der Waals surface area (Å²) in [6.45, 7) is 6.26. The summed E-state index contributed by atoms with van der Waals surface area (Å²) in [5, 5.41) is 11.0. The van der Waals surface area contributed by atoms with Gasteiger partial charge in [-0.2, -0.15) is 0 Å². The molecule has 3 nitrogen and oxygen atoms in total. The summed E-state index contributed by atoms with van der Waals surface area (Å²) in [5.41, 5.74) is 3.90. The van der Waals surface area contributed by atoms with Crippen LogP contribution in [0, 0.1) is 6.92 Å². The zero-order chi connectivity index (χ0) is 20.8. The van der Waals surface area contributed by atoms with Crippen molar-refractivity contribution < 1.29 is 14.6 Å². The summed E-state index contributed by atoms with van der Waals surface area (Å²) in [5.74, 6) is 1.32. The maximum absolute atomic E-state index is 11.0. The van der Waals surface area contributed by atoms with Crippen LogP contribution in [-0.4, -0.2) is 19.3 Å². The molecule has 0 unspecified atom stereocenters. The lowest BCUT2D eigenvalue weighted by atomic mass is 9.97. The molecular formula is C25H26O3S. The topological polar surface area (TPSA) is 38.7 Å². The smallest absolute Gasteiger partial charge is 0.161 e. The van der Waals surface area contributed by atoms with E-state index in [1.807, 2.05) is 42.5 Å². The molecule has 0 fully saturated rings. The predicted molar refractivity (Wildman–Crippen MR) is 120 cm³/mol. The Labute approximate surface area is 177 Å². The molecule has 0 radical (unpaired) electrons. The van der Waals surface area contributed by atoms with Crippen LogP contribution in [0.25, 0.3) is 5.57 Å². The number of aliphatic hydroxyl groups is 1. The summed E-state index contributed by atoms with van der Waals surface area (Å²) < 4.78 is 10.7. The van der Waals surface area contributed by atoms with Gasteiger partial charge in [0.05, 0.1) is 20.3 Å². The number of ether oxygens (including phenoxy) is 2. The molecule has 3 rings (SSSR count). The third-order valence-electron chi connectivity index (χ3n) is 4.76. The van der Waals surface area contributed by atoms with E-state index in [4.69, 9.17) is 9.47 Å². The standard InChI is InChI=1S/C25H26O3S/c1-17-9-12-20(13-10-17)29-25-8-6-5-7-21(25)22(26)15-18(2)19-11-14-23(27-3)24(16-19)28-4/h5-14,16,22,26H,2,15H2,1,3-4H3/t22-/m1/s1. The Morgan fingerprint density at radius 2 is 1.66 bits per heavy atom. The number of hydrogen-bond acceptors (Lipinski definition) is 4. The van der Waals surface area contributed by atoms with Gasteiger partial charge in [0.1, 0.15) is 0 Å². The highest BCUT2D eigenvalue weighted by atomic mass is 32.2. The van der Waals surface area contributed by atoms with Gasteiger partial charge in [0, 0.05) is 16.2 Å². The Kier molecular flexibility index (Phi) is 7.02. The van der Waals surface area contributed by atoms with Gasteiger partial charge in [0.25, 0.3) is 0 Å². The first-order valence-corrected chi connectivity index (χ1v) is 10.2. The van der Waals surface area contributed by atoms with Crippen molar-refractivity contribution in [2.24, 2.45) is 0 Å². The van der Waals surface area contributed by atoms with Crippen LogP contribution in [0.4, 0.5) is 0 Å². The predicted octanol–water partition coefficient (Wildman–Crippen LogP) is 6.30. The van der Waals surface area contributed by atoms with Gasteiger partial charge in [-0.05, 0) is 54.0 Å². The number of rotatable bonds is 8. The third-order valence-corrected chi connectivity index (χ3v) is 5.86. The van der Waals surface area contributed by atoms with E-state index in [0.29, 0.717) is 17.9 Å². The van der Waals surface area contributed by atoms with E-state index >= 15 is 0 Å². The van der Waals surface area contributed by atoms with E-state index in [1.165, 1.54) is 5.56 Å². The fourth-order valence-corrected chi connectivity index (χ4v) is 4.09. The Bertz CT molecular complexity index is 980. The van der Waals surface area contributed by atoms with Crippen LogP contribution in [0.2, 0.25) is 0 Å². The van der Waals surface area contributed by atoms with E-state index < -0.39 is 6.10 Å². The number of benzene rings is 3. The lowest BCUT2D eigenvalue weighted by Crippen LogP contribution is -2.01. The third kappa shape index (κ3) is 5.22. The van der Waals surface area contributed by atoms with E-state index in [-0.39, 0.29) is 0 Å². The highest BCUT2D eigenvalue weighted by Gasteiger charge is 2.16. The number of aryl methyl sites for hydroxylation is 1. The van der Waals surface area contributed by atoms with Gasteiger partial charge >= 0.3 is 0 Å². The first kappa shape index (κ1) is 21.0. The van der Waals surface area contributed by atoms with Gasteiger partial charge in [-0.1, -0.05) is 60.3 Å². The molecule has 150 valence electrons. The summed E-state index contributed by atoms with van der Waals surface area (Å²) in [6, 6.07) is 22.0. The molecule has 1 atom stereocenters. The van der Waals surface area contributed by atoms with Crippen LogP contribution >= 0.6 is 11.8 Å². The second-order valence-corrected chi connectivity index (χ2v) is 7.96. The lowest BCUT2D eigenvalue weighted by Gasteiger charge is -2.17. The molecule has 29 heavy (non-hydrogen) atoms. The average molecular weight is 407 g/mol. The molecular weight excluding hydrogens is 380 g/mol. The quantitative estimate of drug-likeness (QED) is 0.476. The number of methoxy groups -OCH3 is 2. The molecule has 0 saturated carbocycles. The van der Waals surface area contributed by atoms with Gasteiger partial charge < -0.3 is 14.6 Å². The maximum Gasteiger partial charge on any atom is 0.161 e. The summed E-state index contributed by atoms with van der Waals surface area (Å²) in [4.78, 5) is 2.19. The number of aliphatic hydroxyl groups excluding tert-OH is 1. The highest BCUT2D eigenvalue weighted by Crippen LogP contribution is 2.37. The van der Waals surface area contributed by atoms with Gasteiger partial charge in [0.15, 0.2) is 11.5 Å².